The molecule has 1 atom stereocenters. The van der Waals surface area contributed by atoms with Crippen molar-refractivity contribution in [2.75, 3.05) is 0 Å². The highest BCUT2D eigenvalue weighted by Crippen LogP contribution is 2.09. The molecule has 0 aromatic heterocycles. The van der Waals surface area contributed by atoms with E-state index in [9.17, 15) is 9.90 Å². The minimum atomic E-state index is -1.37. The van der Waals surface area contributed by atoms with Gasteiger partial charge in [-0.15, -0.1) is 5.54 Å². The Morgan fingerprint density at radius 3 is 2.14 bits per heavy atom. The summed E-state index contributed by atoms with van der Waals surface area (Å²) in [7, 11) is -1.37. The van der Waals surface area contributed by atoms with Crippen LogP contribution in [0.25, 0.3) is 0 Å². The number of unbranched alkanes of at least 4 members (excludes halogenated alkanes) is 5. The zero-order valence-corrected chi connectivity index (χ0v) is 14.5. The van der Waals surface area contributed by atoms with E-state index in [1.807, 2.05) is 0 Å². The maximum Gasteiger partial charge on any atom is 0.303 e. The monoisotopic (exact) mass is 308 g/mol. The lowest BCUT2D eigenvalue weighted by Crippen LogP contribution is -2.16. The minimum absolute atomic E-state index is 0.271. The summed E-state index contributed by atoms with van der Waals surface area (Å²) in [6, 6.07) is 0. The Labute approximate surface area is 130 Å². The predicted octanol–water partition coefficient (Wildman–Crippen LogP) is 3.44. The summed E-state index contributed by atoms with van der Waals surface area (Å²) in [5, 5.41) is 18.2. The third-order valence-electron chi connectivity index (χ3n) is 2.86. The van der Waals surface area contributed by atoms with Crippen LogP contribution in [0.15, 0.2) is 0 Å². The SMILES string of the molecule is C[Si](C)(C)C#CC#CC(O)CCCCCCCCC(=O)O. The van der Waals surface area contributed by atoms with Crippen LogP contribution in [0.4, 0.5) is 0 Å². The van der Waals surface area contributed by atoms with E-state index in [4.69, 9.17) is 5.11 Å². The molecule has 2 N–H and O–H groups in total. The van der Waals surface area contributed by atoms with Crippen LogP contribution in [0, 0.1) is 23.3 Å². The van der Waals surface area contributed by atoms with Gasteiger partial charge in [-0.25, -0.2) is 0 Å². The topological polar surface area (TPSA) is 57.5 Å². The third-order valence-corrected chi connectivity index (χ3v) is 3.73. The summed E-state index contributed by atoms with van der Waals surface area (Å²) < 4.78 is 0. The predicted molar refractivity (Wildman–Crippen MR) is 89.5 cm³/mol. The van der Waals surface area contributed by atoms with Crippen molar-refractivity contribution < 1.29 is 15.0 Å². The number of aliphatic hydroxyl groups is 1. The Hall–Kier alpha value is -1.23. The first kappa shape index (κ1) is 19.8. The van der Waals surface area contributed by atoms with E-state index in [1.54, 1.807) is 0 Å². The molecular formula is C17H28O3Si. The van der Waals surface area contributed by atoms with E-state index in [2.05, 4.69) is 42.9 Å². The van der Waals surface area contributed by atoms with Crippen LogP contribution in [-0.2, 0) is 4.79 Å². The second kappa shape index (κ2) is 11.4. The first-order valence-electron chi connectivity index (χ1n) is 7.74. The zero-order valence-electron chi connectivity index (χ0n) is 13.5. The molecule has 0 spiro atoms. The summed E-state index contributed by atoms with van der Waals surface area (Å²) >= 11 is 0. The second-order valence-corrected chi connectivity index (χ2v) is 11.1. The first-order valence-corrected chi connectivity index (χ1v) is 11.2. The molecule has 0 fully saturated rings. The number of carbonyl (C=O) groups is 1. The zero-order chi connectivity index (χ0) is 16.1. The molecule has 0 aliphatic carbocycles. The van der Waals surface area contributed by atoms with Crippen molar-refractivity contribution in [3.63, 3.8) is 0 Å². The van der Waals surface area contributed by atoms with Gasteiger partial charge in [0.25, 0.3) is 0 Å². The molecule has 0 saturated carbocycles. The van der Waals surface area contributed by atoms with Crippen LogP contribution < -0.4 is 0 Å². The van der Waals surface area contributed by atoms with Crippen LogP contribution in [0.5, 0.6) is 0 Å². The number of hydrogen-bond acceptors (Lipinski definition) is 2. The Morgan fingerprint density at radius 1 is 1.00 bits per heavy atom. The normalized spacial score (nSPS) is 11.8. The molecular weight excluding hydrogens is 280 g/mol. The molecule has 0 aromatic carbocycles. The molecule has 1 unspecified atom stereocenters. The van der Waals surface area contributed by atoms with Crippen LogP contribution >= 0.6 is 0 Å². The molecule has 0 saturated heterocycles. The van der Waals surface area contributed by atoms with Crippen molar-refractivity contribution in [1.29, 1.82) is 0 Å². The summed E-state index contributed by atoms with van der Waals surface area (Å²) in [5.41, 5.74) is 3.14. The number of aliphatic carboxylic acids is 1. The van der Waals surface area contributed by atoms with Gasteiger partial charge in [0.1, 0.15) is 14.2 Å². The van der Waals surface area contributed by atoms with Gasteiger partial charge in [-0.1, -0.05) is 51.2 Å². The van der Waals surface area contributed by atoms with Gasteiger partial charge in [0.15, 0.2) is 0 Å². The van der Waals surface area contributed by atoms with Gasteiger partial charge in [-0.05, 0) is 31.1 Å². The first-order chi connectivity index (χ1) is 9.81. The lowest BCUT2D eigenvalue weighted by molar-refractivity contribution is -0.137. The lowest BCUT2D eigenvalue weighted by atomic mass is 10.1. The largest absolute Gasteiger partial charge is 0.481 e. The molecule has 0 rings (SSSR count). The van der Waals surface area contributed by atoms with Gasteiger partial charge in [0.2, 0.25) is 0 Å². The molecule has 0 aromatic rings. The number of carboxylic acid groups (broad SMARTS) is 1. The summed E-state index contributed by atoms with van der Waals surface area (Å²) in [6.07, 6.45) is 6.30. The van der Waals surface area contributed by atoms with Gasteiger partial charge >= 0.3 is 5.97 Å². The van der Waals surface area contributed by atoms with Crippen LogP contribution in [0.3, 0.4) is 0 Å². The highest BCUT2D eigenvalue weighted by molar-refractivity contribution is 6.83. The Bertz CT molecular complexity index is 415. The summed E-state index contributed by atoms with van der Waals surface area (Å²) in [5.74, 6) is 7.63. The fraction of sp³-hybridized carbons (Fsp3) is 0.706. The molecule has 0 aliphatic heterocycles. The van der Waals surface area contributed by atoms with Gasteiger partial charge in [0, 0.05) is 6.42 Å². The smallest absolute Gasteiger partial charge is 0.303 e. The van der Waals surface area contributed by atoms with Crippen LogP contribution in [0.2, 0.25) is 19.6 Å². The van der Waals surface area contributed by atoms with Crippen molar-refractivity contribution >= 4 is 14.0 Å². The van der Waals surface area contributed by atoms with E-state index >= 15 is 0 Å². The molecule has 0 bridgehead atoms. The van der Waals surface area contributed by atoms with Crippen molar-refractivity contribution in [2.24, 2.45) is 0 Å². The maximum atomic E-state index is 10.3. The van der Waals surface area contributed by atoms with Crippen molar-refractivity contribution in [3.8, 4) is 23.3 Å². The standard InChI is InChI=1S/C17H28O3Si/c1-21(2,3)15-11-10-13-16(18)12-8-6-4-5-7-9-14-17(19)20/h16,18H,4-9,12,14H2,1-3H3,(H,19,20). The molecule has 21 heavy (non-hydrogen) atoms. The number of carboxylic acids is 1. The molecule has 0 aliphatic rings. The molecule has 0 radical (unpaired) electrons. The van der Waals surface area contributed by atoms with Gasteiger partial charge < -0.3 is 10.2 Å². The minimum Gasteiger partial charge on any atom is -0.481 e. The van der Waals surface area contributed by atoms with E-state index in [0.717, 1.165) is 38.5 Å². The molecule has 0 heterocycles. The van der Waals surface area contributed by atoms with Crippen molar-refractivity contribution in [3.05, 3.63) is 0 Å². The van der Waals surface area contributed by atoms with Crippen molar-refractivity contribution in [2.45, 2.75) is 77.1 Å². The van der Waals surface area contributed by atoms with Gasteiger partial charge in [-0.2, -0.15) is 0 Å². The van der Waals surface area contributed by atoms with Gasteiger partial charge in [-0.3, -0.25) is 4.79 Å². The summed E-state index contributed by atoms with van der Waals surface area (Å²) in [6.45, 7) is 6.48. The van der Waals surface area contributed by atoms with E-state index in [1.165, 1.54) is 0 Å². The van der Waals surface area contributed by atoms with Gasteiger partial charge in [0.05, 0.1) is 0 Å². The van der Waals surface area contributed by atoms with Crippen LogP contribution in [-0.4, -0.2) is 30.4 Å². The second-order valence-electron chi connectivity index (χ2n) is 6.34. The Balaban J connectivity index is 3.58. The average Bonchev–Trinajstić information content (AvgIpc) is 2.36. The Morgan fingerprint density at radius 2 is 1.57 bits per heavy atom. The molecule has 4 heteroatoms. The molecule has 3 nitrogen and oxygen atoms in total. The maximum absolute atomic E-state index is 10.3. The average molecular weight is 308 g/mol. The van der Waals surface area contributed by atoms with Crippen LogP contribution in [0.1, 0.15) is 51.4 Å². The number of rotatable bonds is 9. The number of aliphatic hydroxyl groups excluding tert-OH is 1. The highest BCUT2D eigenvalue weighted by atomic mass is 28.3. The highest BCUT2D eigenvalue weighted by Gasteiger charge is 2.06. The van der Waals surface area contributed by atoms with E-state index in [-0.39, 0.29) is 6.42 Å². The van der Waals surface area contributed by atoms with Crippen molar-refractivity contribution in [1.82, 2.24) is 0 Å². The van der Waals surface area contributed by atoms with E-state index < -0.39 is 20.1 Å². The lowest BCUT2D eigenvalue weighted by Gasteiger charge is -2.03. The number of hydrogen-bond donors (Lipinski definition) is 2. The fourth-order valence-corrected chi connectivity index (χ4v) is 2.17. The molecule has 0 amide bonds. The summed E-state index contributed by atoms with van der Waals surface area (Å²) in [4.78, 5) is 10.3. The Kier molecular flexibility index (Phi) is 10.8. The third kappa shape index (κ3) is 16.7. The quantitative estimate of drug-likeness (QED) is 0.390. The fourth-order valence-electron chi connectivity index (χ4n) is 1.73. The molecule has 118 valence electrons. The van der Waals surface area contributed by atoms with E-state index in [0.29, 0.717) is 6.42 Å².